The van der Waals surface area contributed by atoms with Gasteiger partial charge in [-0.3, -0.25) is 0 Å². The summed E-state index contributed by atoms with van der Waals surface area (Å²) >= 11 is 0. The first-order valence-corrected chi connectivity index (χ1v) is 11.8. The van der Waals surface area contributed by atoms with Crippen LogP contribution in [-0.2, 0) is 19.2 Å². The Morgan fingerprint density at radius 3 is 1.48 bits per heavy atom. The van der Waals surface area contributed by atoms with Crippen molar-refractivity contribution >= 4 is 23.9 Å². The van der Waals surface area contributed by atoms with Crippen molar-refractivity contribution in [2.75, 3.05) is 0 Å². The van der Waals surface area contributed by atoms with Gasteiger partial charge in [0.05, 0.1) is 5.56 Å². The monoisotopic (exact) mass is 570 g/mol. The first kappa shape index (κ1) is 30.5. The molecular weight excluding hydrogens is 550 g/mol. The van der Waals surface area contributed by atoms with Gasteiger partial charge in [0.1, 0.15) is 17.1 Å². The molecule has 0 N–H and O–H groups in total. The summed E-state index contributed by atoms with van der Waals surface area (Å²) in [5.74, 6) is -2.88. The van der Waals surface area contributed by atoms with E-state index in [4.69, 9.17) is 18.9 Å². The largest absolute Gasteiger partial charge is 0.423 e. The Morgan fingerprint density at radius 2 is 1.00 bits per heavy atom. The van der Waals surface area contributed by atoms with Crippen molar-refractivity contribution in [2.45, 2.75) is 0 Å². The van der Waals surface area contributed by atoms with Gasteiger partial charge in [0.15, 0.2) is 23.1 Å². The molecule has 42 heavy (non-hydrogen) atoms. The maximum absolute atomic E-state index is 16.1. The van der Waals surface area contributed by atoms with E-state index in [1.54, 1.807) is 0 Å². The van der Waals surface area contributed by atoms with Gasteiger partial charge in [0, 0.05) is 29.9 Å². The highest BCUT2D eigenvalue weighted by Gasteiger charge is 2.29. The quantitative estimate of drug-likeness (QED) is 0.146. The molecule has 210 valence electrons. The number of hydrogen-bond donors (Lipinski definition) is 0. The Balaban J connectivity index is 2.22. The molecule has 0 fully saturated rings. The highest BCUT2D eigenvalue weighted by atomic mass is 19.1. The Labute approximate surface area is 238 Å². The fourth-order valence-corrected chi connectivity index (χ4v) is 3.24. The van der Waals surface area contributed by atoms with Crippen LogP contribution in [0.5, 0.6) is 23.0 Å². The zero-order chi connectivity index (χ0) is 30.8. The molecule has 0 amide bonds. The SMILES string of the molecule is C=CC(=O)Oc1ccc(C#Cc2c(F)c(OC(=O)C=C)c(-c3ccc(OC(=O)C=C)cc3)c(F)c2OC(=O)C=C)cc1. The van der Waals surface area contributed by atoms with Crippen LogP contribution in [0.25, 0.3) is 11.1 Å². The fourth-order valence-electron chi connectivity index (χ4n) is 3.24. The lowest BCUT2D eigenvalue weighted by Crippen LogP contribution is -2.13. The molecule has 0 radical (unpaired) electrons. The number of benzene rings is 3. The van der Waals surface area contributed by atoms with Crippen LogP contribution < -0.4 is 18.9 Å². The molecular formula is C32H20F2O8. The summed E-state index contributed by atoms with van der Waals surface area (Å²) in [6.07, 6.45) is 3.37. The molecule has 3 rings (SSSR count). The van der Waals surface area contributed by atoms with Crippen molar-refractivity contribution < 1.29 is 46.9 Å². The van der Waals surface area contributed by atoms with Crippen LogP contribution in [0.15, 0.2) is 99.2 Å². The van der Waals surface area contributed by atoms with Gasteiger partial charge in [-0.2, -0.15) is 0 Å². The van der Waals surface area contributed by atoms with E-state index >= 15 is 8.78 Å². The first-order chi connectivity index (χ1) is 20.1. The van der Waals surface area contributed by atoms with Crippen LogP contribution >= 0.6 is 0 Å². The molecule has 0 aliphatic rings. The van der Waals surface area contributed by atoms with E-state index in [0.717, 1.165) is 24.3 Å². The summed E-state index contributed by atoms with van der Waals surface area (Å²) in [5, 5.41) is 0. The van der Waals surface area contributed by atoms with E-state index in [1.807, 2.05) is 0 Å². The first-order valence-electron chi connectivity index (χ1n) is 11.8. The van der Waals surface area contributed by atoms with Gasteiger partial charge in [0.25, 0.3) is 0 Å². The van der Waals surface area contributed by atoms with Gasteiger partial charge in [-0.15, -0.1) is 0 Å². The van der Waals surface area contributed by atoms with E-state index in [1.165, 1.54) is 48.5 Å². The minimum atomic E-state index is -1.33. The van der Waals surface area contributed by atoms with Crippen LogP contribution in [0.2, 0.25) is 0 Å². The van der Waals surface area contributed by atoms with Crippen molar-refractivity contribution in [1.82, 2.24) is 0 Å². The highest BCUT2D eigenvalue weighted by molar-refractivity contribution is 5.89. The summed E-state index contributed by atoms with van der Waals surface area (Å²) < 4.78 is 52.1. The maximum Gasteiger partial charge on any atom is 0.335 e. The maximum atomic E-state index is 16.1. The van der Waals surface area contributed by atoms with Crippen LogP contribution in [-0.4, -0.2) is 23.9 Å². The summed E-state index contributed by atoms with van der Waals surface area (Å²) in [6, 6.07) is 10.7. The van der Waals surface area contributed by atoms with Gasteiger partial charge < -0.3 is 18.9 Å². The zero-order valence-electron chi connectivity index (χ0n) is 21.8. The second-order valence-corrected chi connectivity index (χ2v) is 7.84. The van der Waals surface area contributed by atoms with Gasteiger partial charge in [-0.05, 0) is 42.0 Å². The lowest BCUT2D eigenvalue weighted by molar-refractivity contribution is -0.130. The molecule has 0 aliphatic carbocycles. The molecule has 3 aromatic carbocycles. The molecule has 0 bridgehead atoms. The second kappa shape index (κ2) is 13.8. The van der Waals surface area contributed by atoms with Crippen molar-refractivity contribution in [3.8, 4) is 46.0 Å². The van der Waals surface area contributed by atoms with E-state index in [9.17, 15) is 19.2 Å². The van der Waals surface area contributed by atoms with Crippen LogP contribution in [0.1, 0.15) is 11.1 Å². The molecule has 10 heteroatoms. The molecule has 0 aromatic heterocycles. The Morgan fingerprint density at radius 1 is 0.571 bits per heavy atom. The van der Waals surface area contributed by atoms with Gasteiger partial charge in [-0.1, -0.05) is 50.3 Å². The third-order valence-electron chi connectivity index (χ3n) is 5.13. The Bertz CT molecular complexity index is 1670. The molecule has 3 aromatic rings. The summed E-state index contributed by atoms with van der Waals surface area (Å²) in [4.78, 5) is 47.0. The topological polar surface area (TPSA) is 105 Å². The number of ether oxygens (including phenoxy) is 4. The molecule has 0 unspecified atom stereocenters. The lowest BCUT2D eigenvalue weighted by atomic mass is 9.99. The van der Waals surface area contributed by atoms with Crippen LogP contribution in [0, 0.1) is 23.5 Å². The van der Waals surface area contributed by atoms with E-state index in [-0.39, 0.29) is 22.6 Å². The molecule has 8 nitrogen and oxygen atoms in total. The number of carbonyl (C=O) groups is 4. The molecule has 0 saturated heterocycles. The average molecular weight is 571 g/mol. The molecule has 0 saturated carbocycles. The fraction of sp³-hybridized carbons (Fsp3) is 0. The molecule has 0 aliphatic heterocycles. The normalized spacial score (nSPS) is 9.76. The summed E-state index contributed by atoms with van der Waals surface area (Å²) in [5.41, 5.74) is -1.13. The third kappa shape index (κ3) is 7.31. The lowest BCUT2D eigenvalue weighted by Gasteiger charge is -2.17. The van der Waals surface area contributed by atoms with Crippen molar-refractivity contribution in [3.63, 3.8) is 0 Å². The minimum Gasteiger partial charge on any atom is -0.423 e. The minimum absolute atomic E-state index is 0.0447. The highest BCUT2D eigenvalue weighted by Crippen LogP contribution is 2.43. The Kier molecular flexibility index (Phi) is 10.0. The zero-order valence-corrected chi connectivity index (χ0v) is 21.8. The number of esters is 4. The Hall–Kier alpha value is -6.08. The van der Waals surface area contributed by atoms with Crippen LogP contribution in [0.4, 0.5) is 8.78 Å². The number of carbonyl (C=O) groups excluding carboxylic acids is 4. The second-order valence-electron chi connectivity index (χ2n) is 7.84. The van der Waals surface area contributed by atoms with Crippen molar-refractivity contribution in [2.24, 2.45) is 0 Å². The van der Waals surface area contributed by atoms with Crippen LogP contribution in [0.3, 0.4) is 0 Å². The number of rotatable bonds is 9. The summed E-state index contributed by atoms with van der Waals surface area (Å²) in [6.45, 7) is 13.1. The molecule has 0 spiro atoms. The predicted octanol–water partition coefficient (Wildman–Crippen LogP) is 5.40. The van der Waals surface area contributed by atoms with Gasteiger partial charge in [0.2, 0.25) is 0 Å². The van der Waals surface area contributed by atoms with E-state index in [2.05, 4.69) is 38.2 Å². The predicted molar refractivity (Wildman–Crippen MR) is 148 cm³/mol. The standard InChI is InChI=1S/C32H20F2O8/c1-5-24(35)39-21-14-9-19(10-15-21)11-18-23-29(33)32(42-27(38)8-4)28(30(34)31(23)41-26(37)7-3)20-12-16-22(17-13-20)40-25(36)6-2/h5-10,12-17H,1-4H2. The average Bonchev–Trinajstić information content (AvgIpc) is 3.00. The van der Waals surface area contributed by atoms with E-state index in [0.29, 0.717) is 0 Å². The third-order valence-corrected chi connectivity index (χ3v) is 5.13. The van der Waals surface area contributed by atoms with Crippen molar-refractivity contribution in [3.05, 3.63) is 122 Å². The van der Waals surface area contributed by atoms with Crippen molar-refractivity contribution in [1.29, 1.82) is 0 Å². The number of halogens is 2. The van der Waals surface area contributed by atoms with Gasteiger partial charge in [-0.25, -0.2) is 28.0 Å². The number of hydrogen-bond acceptors (Lipinski definition) is 8. The smallest absolute Gasteiger partial charge is 0.335 e. The van der Waals surface area contributed by atoms with Gasteiger partial charge >= 0.3 is 23.9 Å². The molecule has 0 heterocycles. The molecule has 0 atom stereocenters. The van der Waals surface area contributed by atoms with E-state index < -0.39 is 58.1 Å². The summed E-state index contributed by atoms with van der Waals surface area (Å²) in [7, 11) is 0.